The number of hydrogen-bond donors (Lipinski definition) is 1. The maximum absolute atomic E-state index is 13.7. The molecule has 1 fully saturated rings. The van der Waals surface area contributed by atoms with Crippen molar-refractivity contribution in [1.29, 1.82) is 0 Å². The lowest BCUT2D eigenvalue weighted by Crippen LogP contribution is -2.34. The second-order valence-corrected chi connectivity index (χ2v) is 4.19. The quantitative estimate of drug-likeness (QED) is 0.825. The summed E-state index contributed by atoms with van der Waals surface area (Å²) in [6, 6.07) is 5.45. The predicted octanol–water partition coefficient (Wildman–Crippen LogP) is 1.55. The zero-order chi connectivity index (χ0) is 11.5. The topological polar surface area (TPSA) is 24.5 Å². The zero-order valence-corrected chi connectivity index (χ0v) is 9.66. The Hall–Kier alpha value is -1.13. The third-order valence-corrected chi connectivity index (χ3v) is 2.78. The third-order valence-electron chi connectivity index (χ3n) is 2.78. The van der Waals surface area contributed by atoms with Gasteiger partial charge in [0.1, 0.15) is 5.82 Å². The number of anilines is 1. The van der Waals surface area contributed by atoms with Gasteiger partial charge < -0.3 is 15.0 Å². The average Bonchev–Trinajstić information content (AvgIpc) is 2.29. The van der Waals surface area contributed by atoms with E-state index in [0.29, 0.717) is 12.3 Å². The Bertz CT molecular complexity index is 362. The highest BCUT2D eigenvalue weighted by Crippen LogP contribution is 2.23. The number of morpholine rings is 1. The minimum absolute atomic E-state index is 0.111. The van der Waals surface area contributed by atoms with Gasteiger partial charge in [-0.3, -0.25) is 0 Å². The van der Waals surface area contributed by atoms with Gasteiger partial charge in [-0.05, 0) is 17.7 Å². The van der Waals surface area contributed by atoms with Crippen LogP contribution in [0, 0.1) is 5.82 Å². The highest BCUT2D eigenvalue weighted by molar-refractivity contribution is 5.48. The van der Waals surface area contributed by atoms with E-state index in [1.807, 2.05) is 20.2 Å². The molecule has 16 heavy (non-hydrogen) atoms. The van der Waals surface area contributed by atoms with Crippen LogP contribution in [0.2, 0.25) is 0 Å². The fourth-order valence-electron chi connectivity index (χ4n) is 1.88. The normalized spacial score (nSPS) is 20.8. The molecule has 1 atom stereocenters. The summed E-state index contributed by atoms with van der Waals surface area (Å²) in [5.74, 6) is -0.185. The van der Waals surface area contributed by atoms with Crippen LogP contribution in [0.4, 0.5) is 10.1 Å². The molecule has 4 heteroatoms. The van der Waals surface area contributed by atoms with E-state index in [-0.39, 0.29) is 11.9 Å². The molecule has 2 rings (SSSR count). The minimum Gasteiger partial charge on any atom is -0.378 e. The molecule has 1 unspecified atom stereocenters. The molecule has 1 aliphatic rings. The number of benzene rings is 1. The fourth-order valence-corrected chi connectivity index (χ4v) is 1.88. The van der Waals surface area contributed by atoms with Crippen molar-refractivity contribution in [3.8, 4) is 0 Å². The third kappa shape index (κ3) is 2.33. The van der Waals surface area contributed by atoms with E-state index < -0.39 is 0 Å². The van der Waals surface area contributed by atoms with E-state index in [1.165, 1.54) is 0 Å². The van der Waals surface area contributed by atoms with Crippen LogP contribution in [0.1, 0.15) is 11.6 Å². The molecule has 0 spiro atoms. The molecule has 0 amide bonds. The average molecular weight is 224 g/mol. The van der Waals surface area contributed by atoms with Crippen molar-refractivity contribution < 1.29 is 9.13 Å². The Kier molecular flexibility index (Phi) is 3.41. The van der Waals surface area contributed by atoms with E-state index in [2.05, 4.69) is 5.32 Å². The number of halogens is 1. The van der Waals surface area contributed by atoms with Gasteiger partial charge >= 0.3 is 0 Å². The molecule has 0 bridgehead atoms. The maximum Gasteiger partial charge on any atom is 0.146 e. The largest absolute Gasteiger partial charge is 0.378 e. The predicted molar refractivity (Wildman–Crippen MR) is 62.3 cm³/mol. The first kappa shape index (κ1) is 11.4. The molecular weight excluding hydrogens is 207 g/mol. The summed E-state index contributed by atoms with van der Waals surface area (Å²) in [5, 5.41) is 3.31. The number of ether oxygens (including phenoxy) is 1. The van der Waals surface area contributed by atoms with Gasteiger partial charge in [-0.2, -0.15) is 0 Å². The first-order valence-corrected chi connectivity index (χ1v) is 5.46. The number of nitrogens with one attached hydrogen (secondary N) is 1. The van der Waals surface area contributed by atoms with Crippen LogP contribution in [0.15, 0.2) is 18.2 Å². The smallest absolute Gasteiger partial charge is 0.146 e. The summed E-state index contributed by atoms with van der Waals surface area (Å²) >= 11 is 0. The van der Waals surface area contributed by atoms with E-state index >= 15 is 0 Å². The lowest BCUT2D eigenvalue weighted by Gasteiger charge is -2.25. The van der Waals surface area contributed by atoms with Crippen LogP contribution in [-0.2, 0) is 4.74 Å². The van der Waals surface area contributed by atoms with E-state index in [9.17, 15) is 4.39 Å². The van der Waals surface area contributed by atoms with E-state index in [4.69, 9.17) is 4.74 Å². The molecular formula is C12H17FN2O. The summed E-state index contributed by atoms with van der Waals surface area (Å²) in [6.07, 6.45) is 0. The molecule has 1 aliphatic heterocycles. The molecule has 0 aromatic heterocycles. The number of hydrogen-bond acceptors (Lipinski definition) is 3. The minimum atomic E-state index is -0.185. The monoisotopic (exact) mass is 224 g/mol. The van der Waals surface area contributed by atoms with Gasteiger partial charge in [-0.25, -0.2) is 4.39 Å². The summed E-state index contributed by atoms with van der Waals surface area (Å²) in [6.45, 7) is 2.16. The van der Waals surface area contributed by atoms with E-state index in [1.54, 1.807) is 17.0 Å². The number of rotatable bonds is 2. The van der Waals surface area contributed by atoms with Crippen molar-refractivity contribution in [2.45, 2.75) is 6.04 Å². The second-order valence-electron chi connectivity index (χ2n) is 4.19. The lowest BCUT2D eigenvalue weighted by molar-refractivity contribution is 0.0768. The molecule has 1 N–H and O–H groups in total. The molecule has 0 aliphatic carbocycles. The van der Waals surface area contributed by atoms with Crippen LogP contribution >= 0.6 is 0 Å². The first-order valence-electron chi connectivity index (χ1n) is 5.46. The van der Waals surface area contributed by atoms with Crippen molar-refractivity contribution in [2.75, 3.05) is 38.8 Å². The van der Waals surface area contributed by atoms with Gasteiger partial charge in [0, 0.05) is 20.6 Å². The lowest BCUT2D eigenvalue weighted by atomic mass is 10.1. The van der Waals surface area contributed by atoms with Crippen molar-refractivity contribution >= 4 is 5.69 Å². The zero-order valence-electron chi connectivity index (χ0n) is 9.66. The van der Waals surface area contributed by atoms with Crippen molar-refractivity contribution in [3.05, 3.63) is 29.6 Å². The Morgan fingerprint density at radius 3 is 2.81 bits per heavy atom. The van der Waals surface area contributed by atoms with Crippen LogP contribution < -0.4 is 10.2 Å². The maximum atomic E-state index is 13.7. The molecule has 0 radical (unpaired) electrons. The fraction of sp³-hybridized carbons (Fsp3) is 0.500. The van der Waals surface area contributed by atoms with Crippen molar-refractivity contribution in [3.63, 3.8) is 0 Å². The van der Waals surface area contributed by atoms with Crippen LogP contribution in [-0.4, -0.2) is 33.9 Å². The molecule has 1 heterocycles. The van der Waals surface area contributed by atoms with Gasteiger partial charge in [0.25, 0.3) is 0 Å². The van der Waals surface area contributed by atoms with Gasteiger partial charge in [0.05, 0.1) is 24.9 Å². The molecule has 0 saturated carbocycles. The van der Waals surface area contributed by atoms with Crippen LogP contribution in [0.25, 0.3) is 0 Å². The highest BCUT2D eigenvalue weighted by atomic mass is 19.1. The summed E-state index contributed by atoms with van der Waals surface area (Å²) in [5.41, 5.74) is 1.56. The Labute approximate surface area is 95.2 Å². The summed E-state index contributed by atoms with van der Waals surface area (Å²) in [7, 11) is 3.67. The van der Waals surface area contributed by atoms with Crippen LogP contribution in [0.3, 0.4) is 0 Å². The molecule has 88 valence electrons. The molecule has 1 aromatic rings. The Morgan fingerprint density at radius 2 is 2.25 bits per heavy atom. The Morgan fingerprint density at radius 1 is 1.44 bits per heavy atom. The van der Waals surface area contributed by atoms with Gasteiger partial charge in [-0.15, -0.1) is 0 Å². The standard InChI is InChI=1S/C12H17FN2O/c1-15(2)12-4-3-9(7-10(12)13)11-8-16-6-5-14-11/h3-4,7,11,14H,5-6,8H2,1-2H3. The molecule has 1 aromatic carbocycles. The van der Waals surface area contributed by atoms with Gasteiger partial charge in [-0.1, -0.05) is 6.07 Å². The van der Waals surface area contributed by atoms with Gasteiger partial charge in [0.2, 0.25) is 0 Å². The summed E-state index contributed by atoms with van der Waals surface area (Å²) in [4.78, 5) is 1.77. The molecule has 3 nitrogen and oxygen atoms in total. The Balaban J connectivity index is 2.19. The van der Waals surface area contributed by atoms with E-state index in [0.717, 1.165) is 18.7 Å². The summed E-state index contributed by atoms with van der Waals surface area (Å²) < 4.78 is 19.1. The number of nitrogens with zero attached hydrogens (tertiary/aromatic N) is 1. The molecule has 1 saturated heterocycles. The van der Waals surface area contributed by atoms with Crippen molar-refractivity contribution in [2.24, 2.45) is 0 Å². The van der Waals surface area contributed by atoms with Gasteiger partial charge in [0.15, 0.2) is 0 Å². The first-order chi connectivity index (χ1) is 7.68. The van der Waals surface area contributed by atoms with Crippen LogP contribution in [0.5, 0.6) is 0 Å². The van der Waals surface area contributed by atoms with Crippen molar-refractivity contribution in [1.82, 2.24) is 5.32 Å². The highest BCUT2D eigenvalue weighted by Gasteiger charge is 2.16. The SMILES string of the molecule is CN(C)c1ccc(C2COCCN2)cc1F. The second kappa shape index (κ2) is 4.80.